The highest BCUT2D eigenvalue weighted by atomic mass is 79.9. The normalized spacial score (nSPS) is 14.2. The number of hydrogen-bond donors (Lipinski definition) is 1. The van der Waals surface area contributed by atoms with Crippen LogP contribution in [-0.4, -0.2) is 16.8 Å². The Labute approximate surface area is 120 Å². The molecule has 17 heavy (non-hydrogen) atoms. The minimum absolute atomic E-state index is 0.146. The standard InChI is InChI=1S/C12H14BrCl2NO/c1-3-12(2,7-13)16-11(17)8-4-5-9(14)10(15)6-8/h4-6H,3,7H2,1-2H3,(H,16,17). The van der Waals surface area contributed by atoms with Crippen LogP contribution in [0.5, 0.6) is 0 Å². The van der Waals surface area contributed by atoms with Gasteiger partial charge in [0.2, 0.25) is 0 Å². The van der Waals surface area contributed by atoms with Crippen LogP contribution >= 0.6 is 39.1 Å². The van der Waals surface area contributed by atoms with E-state index in [1.54, 1.807) is 18.2 Å². The highest BCUT2D eigenvalue weighted by Crippen LogP contribution is 2.23. The fourth-order valence-electron chi connectivity index (χ4n) is 1.20. The highest BCUT2D eigenvalue weighted by Gasteiger charge is 2.23. The molecule has 0 saturated carbocycles. The lowest BCUT2D eigenvalue weighted by atomic mass is 10.0. The molecule has 0 saturated heterocycles. The summed E-state index contributed by atoms with van der Waals surface area (Å²) in [5.74, 6) is -0.146. The minimum atomic E-state index is -0.261. The molecule has 5 heteroatoms. The molecule has 1 aromatic rings. The van der Waals surface area contributed by atoms with Gasteiger partial charge in [-0.2, -0.15) is 0 Å². The Morgan fingerprint density at radius 1 is 1.41 bits per heavy atom. The molecule has 1 aromatic carbocycles. The maximum absolute atomic E-state index is 12.0. The summed E-state index contributed by atoms with van der Waals surface area (Å²) in [7, 11) is 0. The second-order valence-corrected chi connectivity index (χ2v) is 5.51. The third-order valence-electron chi connectivity index (χ3n) is 2.67. The molecule has 1 unspecified atom stereocenters. The second-order valence-electron chi connectivity index (χ2n) is 4.13. The zero-order valence-corrected chi connectivity index (χ0v) is 12.8. The molecule has 0 aromatic heterocycles. The lowest BCUT2D eigenvalue weighted by molar-refractivity contribution is 0.0913. The highest BCUT2D eigenvalue weighted by molar-refractivity contribution is 9.09. The molecule has 0 bridgehead atoms. The Hall–Kier alpha value is -0.250. The molecule has 0 spiro atoms. The van der Waals surface area contributed by atoms with E-state index in [9.17, 15) is 4.79 Å². The number of rotatable bonds is 4. The van der Waals surface area contributed by atoms with Crippen molar-refractivity contribution in [2.45, 2.75) is 25.8 Å². The van der Waals surface area contributed by atoms with Crippen molar-refractivity contribution < 1.29 is 4.79 Å². The summed E-state index contributed by atoms with van der Waals surface area (Å²) in [6.45, 7) is 4.01. The Bertz CT molecular complexity index is 419. The molecule has 1 atom stereocenters. The van der Waals surface area contributed by atoms with Gasteiger partial charge in [-0.25, -0.2) is 0 Å². The quantitative estimate of drug-likeness (QED) is 0.815. The number of alkyl halides is 1. The lowest BCUT2D eigenvalue weighted by Crippen LogP contribution is -2.46. The Kier molecular flexibility index (Phi) is 5.29. The summed E-state index contributed by atoms with van der Waals surface area (Å²) in [6, 6.07) is 4.85. The van der Waals surface area contributed by atoms with Crippen molar-refractivity contribution >= 4 is 45.0 Å². The van der Waals surface area contributed by atoms with Crippen LogP contribution in [0, 0.1) is 0 Å². The number of carbonyl (C=O) groups is 1. The van der Waals surface area contributed by atoms with E-state index in [2.05, 4.69) is 21.2 Å². The summed E-state index contributed by atoms with van der Waals surface area (Å²) >= 11 is 15.1. The van der Waals surface area contributed by atoms with Gasteiger partial charge in [-0.1, -0.05) is 46.1 Å². The van der Waals surface area contributed by atoms with Crippen molar-refractivity contribution in [3.8, 4) is 0 Å². The van der Waals surface area contributed by atoms with Gasteiger partial charge in [-0.05, 0) is 31.5 Å². The van der Waals surface area contributed by atoms with Gasteiger partial charge in [-0.15, -0.1) is 0 Å². The number of benzene rings is 1. The molecule has 0 radical (unpaired) electrons. The molecular weight excluding hydrogens is 325 g/mol. The first-order valence-corrected chi connectivity index (χ1v) is 7.13. The number of hydrogen-bond acceptors (Lipinski definition) is 1. The Morgan fingerprint density at radius 3 is 2.53 bits per heavy atom. The molecule has 94 valence electrons. The number of halogens is 3. The van der Waals surface area contributed by atoms with Gasteiger partial charge in [0.15, 0.2) is 0 Å². The molecule has 0 heterocycles. The summed E-state index contributed by atoms with van der Waals surface area (Å²) in [5, 5.41) is 4.50. The third kappa shape index (κ3) is 3.87. The van der Waals surface area contributed by atoms with Crippen molar-refractivity contribution in [2.75, 3.05) is 5.33 Å². The molecule has 0 aliphatic heterocycles. The summed E-state index contributed by atoms with van der Waals surface area (Å²) in [6.07, 6.45) is 0.839. The van der Waals surface area contributed by atoms with Gasteiger partial charge in [0.05, 0.1) is 10.0 Å². The maximum atomic E-state index is 12.0. The van der Waals surface area contributed by atoms with Gasteiger partial charge in [0.1, 0.15) is 0 Å². The summed E-state index contributed by atoms with van der Waals surface area (Å²) < 4.78 is 0. The monoisotopic (exact) mass is 337 g/mol. The van der Waals surface area contributed by atoms with E-state index in [1.165, 1.54) is 0 Å². The van der Waals surface area contributed by atoms with Crippen LogP contribution in [0.3, 0.4) is 0 Å². The molecule has 0 aliphatic rings. The van der Waals surface area contributed by atoms with Crippen LogP contribution < -0.4 is 5.32 Å². The van der Waals surface area contributed by atoms with Crippen LogP contribution in [0.4, 0.5) is 0 Å². The van der Waals surface area contributed by atoms with Gasteiger partial charge in [0.25, 0.3) is 5.91 Å². The van der Waals surface area contributed by atoms with Gasteiger partial charge in [-0.3, -0.25) is 4.79 Å². The minimum Gasteiger partial charge on any atom is -0.346 e. The van der Waals surface area contributed by atoms with E-state index in [4.69, 9.17) is 23.2 Å². The molecule has 2 nitrogen and oxygen atoms in total. The molecule has 0 aliphatic carbocycles. The van der Waals surface area contributed by atoms with Crippen LogP contribution in [0.2, 0.25) is 10.0 Å². The predicted molar refractivity (Wildman–Crippen MR) is 76.4 cm³/mol. The van der Waals surface area contributed by atoms with E-state index in [1.807, 2.05) is 13.8 Å². The lowest BCUT2D eigenvalue weighted by Gasteiger charge is -2.27. The molecule has 1 N–H and O–H groups in total. The summed E-state index contributed by atoms with van der Waals surface area (Å²) in [4.78, 5) is 12.0. The van der Waals surface area contributed by atoms with Crippen molar-refractivity contribution in [3.05, 3.63) is 33.8 Å². The van der Waals surface area contributed by atoms with E-state index < -0.39 is 0 Å². The van der Waals surface area contributed by atoms with Crippen LogP contribution in [0.1, 0.15) is 30.6 Å². The molecule has 1 rings (SSSR count). The second kappa shape index (κ2) is 6.07. The van der Waals surface area contributed by atoms with Gasteiger partial charge < -0.3 is 5.32 Å². The fourth-order valence-corrected chi connectivity index (χ4v) is 2.03. The SMILES string of the molecule is CCC(C)(CBr)NC(=O)c1ccc(Cl)c(Cl)c1. The number of nitrogens with one attached hydrogen (secondary N) is 1. The van der Waals surface area contributed by atoms with Crippen molar-refractivity contribution in [1.29, 1.82) is 0 Å². The van der Waals surface area contributed by atoms with E-state index in [0.717, 1.165) is 6.42 Å². The molecule has 1 amide bonds. The Morgan fingerprint density at radius 2 is 2.06 bits per heavy atom. The topological polar surface area (TPSA) is 29.1 Å². The first-order chi connectivity index (χ1) is 7.91. The van der Waals surface area contributed by atoms with Crippen molar-refractivity contribution in [2.24, 2.45) is 0 Å². The zero-order valence-electron chi connectivity index (χ0n) is 9.69. The number of carbonyl (C=O) groups excluding carboxylic acids is 1. The predicted octanol–water partition coefficient (Wildman–Crippen LogP) is 4.29. The first kappa shape index (κ1) is 14.8. The van der Waals surface area contributed by atoms with E-state index >= 15 is 0 Å². The van der Waals surface area contributed by atoms with Crippen LogP contribution in [-0.2, 0) is 0 Å². The van der Waals surface area contributed by atoms with E-state index in [-0.39, 0.29) is 11.4 Å². The van der Waals surface area contributed by atoms with E-state index in [0.29, 0.717) is 20.9 Å². The fraction of sp³-hybridized carbons (Fsp3) is 0.417. The average Bonchev–Trinajstić information content (AvgIpc) is 2.32. The van der Waals surface area contributed by atoms with Crippen LogP contribution in [0.25, 0.3) is 0 Å². The zero-order chi connectivity index (χ0) is 13.1. The average molecular weight is 339 g/mol. The van der Waals surface area contributed by atoms with Gasteiger partial charge >= 0.3 is 0 Å². The molecule has 0 fully saturated rings. The Balaban J connectivity index is 2.86. The maximum Gasteiger partial charge on any atom is 0.251 e. The third-order valence-corrected chi connectivity index (χ3v) is 4.65. The smallest absolute Gasteiger partial charge is 0.251 e. The van der Waals surface area contributed by atoms with Crippen molar-refractivity contribution in [1.82, 2.24) is 5.32 Å². The molecular formula is C12H14BrCl2NO. The first-order valence-electron chi connectivity index (χ1n) is 5.25. The van der Waals surface area contributed by atoms with Crippen LogP contribution in [0.15, 0.2) is 18.2 Å². The van der Waals surface area contributed by atoms with Crippen molar-refractivity contribution in [3.63, 3.8) is 0 Å². The summed E-state index contributed by atoms with van der Waals surface area (Å²) in [5.41, 5.74) is 0.253. The largest absolute Gasteiger partial charge is 0.346 e. The number of amides is 1. The van der Waals surface area contributed by atoms with Gasteiger partial charge in [0, 0.05) is 16.4 Å².